The minimum Gasteiger partial charge on any atom is -0.492 e. The maximum Gasteiger partial charge on any atom is 0.239 e. The van der Waals surface area contributed by atoms with Crippen molar-refractivity contribution in [2.75, 3.05) is 31.1 Å². The molecule has 1 fully saturated rings. The van der Waals surface area contributed by atoms with Gasteiger partial charge in [0.2, 0.25) is 5.91 Å². The van der Waals surface area contributed by atoms with Crippen molar-refractivity contribution in [2.45, 2.75) is 13.0 Å². The summed E-state index contributed by atoms with van der Waals surface area (Å²) in [6, 6.07) is 7.77. The highest BCUT2D eigenvalue weighted by molar-refractivity contribution is 5.83. The molecule has 0 bridgehead atoms. The second-order valence-corrected chi connectivity index (χ2v) is 4.28. The molecule has 1 aromatic carbocycles. The van der Waals surface area contributed by atoms with Gasteiger partial charge in [-0.25, -0.2) is 0 Å². The van der Waals surface area contributed by atoms with Gasteiger partial charge in [-0.05, 0) is 19.1 Å². The summed E-state index contributed by atoms with van der Waals surface area (Å²) in [6.45, 7) is 4.06. The lowest BCUT2D eigenvalue weighted by Crippen LogP contribution is -2.56. The van der Waals surface area contributed by atoms with Gasteiger partial charge >= 0.3 is 0 Å². The van der Waals surface area contributed by atoms with E-state index in [1.807, 2.05) is 36.1 Å². The van der Waals surface area contributed by atoms with Gasteiger partial charge in [-0.2, -0.15) is 0 Å². The number of rotatable bonds is 4. The molecule has 1 saturated heterocycles. The summed E-state index contributed by atoms with van der Waals surface area (Å²) in [6.07, 6.45) is 0. The highest BCUT2D eigenvalue weighted by atomic mass is 16.5. The van der Waals surface area contributed by atoms with Crippen LogP contribution < -0.4 is 20.7 Å². The molecule has 0 spiro atoms. The number of nitrogens with two attached hydrogens (primary N) is 1. The lowest BCUT2D eigenvalue weighted by Gasteiger charge is -2.34. The van der Waals surface area contributed by atoms with Crippen molar-refractivity contribution in [1.82, 2.24) is 5.32 Å². The highest BCUT2D eigenvalue weighted by Crippen LogP contribution is 2.28. The van der Waals surface area contributed by atoms with E-state index in [4.69, 9.17) is 10.5 Å². The Morgan fingerprint density at radius 2 is 2.28 bits per heavy atom. The van der Waals surface area contributed by atoms with Gasteiger partial charge in [0.25, 0.3) is 0 Å². The van der Waals surface area contributed by atoms with E-state index in [0.717, 1.165) is 11.4 Å². The first-order chi connectivity index (χ1) is 8.74. The van der Waals surface area contributed by atoms with Gasteiger partial charge in [0.15, 0.2) is 0 Å². The van der Waals surface area contributed by atoms with E-state index in [2.05, 4.69) is 5.32 Å². The highest BCUT2D eigenvalue weighted by Gasteiger charge is 2.25. The maximum atomic E-state index is 11.6. The third kappa shape index (κ3) is 2.73. The molecule has 1 unspecified atom stereocenters. The van der Waals surface area contributed by atoms with Gasteiger partial charge in [0.05, 0.1) is 24.9 Å². The van der Waals surface area contributed by atoms with Crippen molar-refractivity contribution < 1.29 is 9.53 Å². The van der Waals surface area contributed by atoms with E-state index in [1.54, 1.807) is 0 Å². The number of para-hydroxylation sites is 2. The molecule has 3 N–H and O–H groups in total. The predicted octanol–water partition coefficient (Wildman–Crippen LogP) is 0.349. The van der Waals surface area contributed by atoms with E-state index in [0.29, 0.717) is 26.2 Å². The predicted molar refractivity (Wildman–Crippen MR) is 70.8 cm³/mol. The summed E-state index contributed by atoms with van der Waals surface area (Å²) < 4.78 is 5.59. The minimum absolute atomic E-state index is 0.000864. The van der Waals surface area contributed by atoms with Crippen LogP contribution >= 0.6 is 0 Å². The second kappa shape index (κ2) is 5.73. The average molecular weight is 249 g/mol. The Morgan fingerprint density at radius 1 is 1.50 bits per heavy atom. The van der Waals surface area contributed by atoms with Crippen molar-refractivity contribution in [1.29, 1.82) is 0 Å². The van der Waals surface area contributed by atoms with Crippen LogP contribution in [0.25, 0.3) is 0 Å². The summed E-state index contributed by atoms with van der Waals surface area (Å²) in [5.74, 6) is 0.813. The van der Waals surface area contributed by atoms with E-state index < -0.39 is 0 Å². The van der Waals surface area contributed by atoms with Crippen LogP contribution in [-0.4, -0.2) is 38.2 Å². The fourth-order valence-electron chi connectivity index (χ4n) is 2.14. The number of hydrogen-bond acceptors (Lipinski definition) is 4. The fraction of sp³-hybridized carbons (Fsp3) is 0.462. The zero-order chi connectivity index (χ0) is 13.0. The van der Waals surface area contributed by atoms with Crippen LogP contribution in [0.15, 0.2) is 24.3 Å². The van der Waals surface area contributed by atoms with Gasteiger partial charge in [0, 0.05) is 13.1 Å². The molecule has 5 heteroatoms. The lowest BCUT2D eigenvalue weighted by molar-refractivity contribution is -0.121. The Bertz CT molecular complexity index is 422. The molecule has 1 aromatic rings. The number of carbonyl (C=O) groups is 1. The molecule has 1 atom stereocenters. The number of carbonyl (C=O) groups excluding carboxylic acids is 1. The monoisotopic (exact) mass is 249 g/mol. The van der Waals surface area contributed by atoms with Crippen LogP contribution in [0.5, 0.6) is 5.75 Å². The molecule has 98 valence electrons. The van der Waals surface area contributed by atoms with E-state index in [9.17, 15) is 4.79 Å². The van der Waals surface area contributed by atoms with Crippen LogP contribution in [-0.2, 0) is 4.79 Å². The number of hydrogen-bond donors (Lipinski definition) is 2. The molecule has 0 radical (unpaired) electrons. The number of benzene rings is 1. The third-order valence-electron chi connectivity index (χ3n) is 2.93. The summed E-state index contributed by atoms with van der Waals surface area (Å²) in [7, 11) is 0. The first kappa shape index (κ1) is 12.7. The van der Waals surface area contributed by atoms with Crippen LogP contribution in [0.1, 0.15) is 6.92 Å². The van der Waals surface area contributed by atoms with Crippen molar-refractivity contribution in [3.8, 4) is 5.75 Å². The number of piperazine rings is 1. The largest absolute Gasteiger partial charge is 0.492 e. The zero-order valence-corrected chi connectivity index (χ0v) is 10.6. The molecular formula is C13H19N3O2. The van der Waals surface area contributed by atoms with Crippen molar-refractivity contribution >= 4 is 11.6 Å². The molecular weight excluding hydrogens is 230 g/mol. The van der Waals surface area contributed by atoms with Crippen LogP contribution in [0.4, 0.5) is 5.69 Å². The number of amides is 1. The number of anilines is 1. The molecule has 0 aromatic heterocycles. The molecule has 18 heavy (non-hydrogen) atoms. The molecule has 1 heterocycles. The van der Waals surface area contributed by atoms with Crippen LogP contribution in [0.2, 0.25) is 0 Å². The molecule has 1 amide bonds. The van der Waals surface area contributed by atoms with E-state index >= 15 is 0 Å². The molecule has 0 aliphatic carbocycles. The standard InChI is InChI=1S/C13H19N3O2/c1-2-18-12-6-4-3-5-11(12)16-8-10(7-14)15-13(17)9-16/h3-6,10H,2,7-9,14H2,1H3,(H,15,17). The van der Waals surface area contributed by atoms with Gasteiger partial charge in [0.1, 0.15) is 5.75 Å². The lowest BCUT2D eigenvalue weighted by atomic mass is 10.1. The second-order valence-electron chi connectivity index (χ2n) is 4.28. The van der Waals surface area contributed by atoms with Crippen molar-refractivity contribution in [2.24, 2.45) is 5.73 Å². The summed E-state index contributed by atoms with van der Waals surface area (Å²) in [5.41, 5.74) is 6.58. The fourth-order valence-corrected chi connectivity index (χ4v) is 2.14. The van der Waals surface area contributed by atoms with Gasteiger partial charge < -0.3 is 20.7 Å². The van der Waals surface area contributed by atoms with Crippen molar-refractivity contribution in [3.63, 3.8) is 0 Å². The minimum atomic E-state index is 0.000864. The Kier molecular flexibility index (Phi) is 4.04. The molecule has 1 aliphatic rings. The van der Waals surface area contributed by atoms with E-state index in [-0.39, 0.29) is 11.9 Å². The average Bonchev–Trinajstić information content (AvgIpc) is 2.39. The normalized spacial score (nSPS) is 19.6. The third-order valence-corrected chi connectivity index (χ3v) is 2.93. The molecule has 2 rings (SSSR count). The summed E-state index contributed by atoms with van der Waals surface area (Å²) in [4.78, 5) is 13.7. The van der Waals surface area contributed by atoms with Gasteiger partial charge in [-0.3, -0.25) is 4.79 Å². The molecule has 0 saturated carbocycles. The number of ether oxygens (including phenoxy) is 1. The number of nitrogens with zero attached hydrogens (tertiary/aromatic N) is 1. The van der Waals surface area contributed by atoms with Crippen LogP contribution in [0.3, 0.4) is 0 Å². The topological polar surface area (TPSA) is 67.6 Å². The van der Waals surface area contributed by atoms with Gasteiger partial charge in [-0.1, -0.05) is 12.1 Å². The summed E-state index contributed by atoms with van der Waals surface area (Å²) in [5, 5.41) is 2.87. The van der Waals surface area contributed by atoms with Crippen LogP contribution in [0, 0.1) is 0 Å². The Labute approximate surface area is 107 Å². The van der Waals surface area contributed by atoms with Gasteiger partial charge in [-0.15, -0.1) is 0 Å². The zero-order valence-electron chi connectivity index (χ0n) is 10.6. The molecule has 1 aliphatic heterocycles. The quantitative estimate of drug-likeness (QED) is 0.808. The number of nitrogens with one attached hydrogen (secondary N) is 1. The summed E-state index contributed by atoms with van der Waals surface area (Å²) >= 11 is 0. The SMILES string of the molecule is CCOc1ccccc1N1CC(=O)NC(CN)C1. The Balaban J connectivity index is 2.21. The Hall–Kier alpha value is -1.75. The first-order valence-electron chi connectivity index (χ1n) is 6.20. The smallest absolute Gasteiger partial charge is 0.239 e. The molecule has 5 nitrogen and oxygen atoms in total. The maximum absolute atomic E-state index is 11.6. The Morgan fingerprint density at radius 3 is 3.00 bits per heavy atom. The first-order valence-corrected chi connectivity index (χ1v) is 6.20. The van der Waals surface area contributed by atoms with E-state index in [1.165, 1.54) is 0 Å². The van der Waals surface area contributed by atoms with Crippen molar-refractivity contribution in [3.05, 3.63) is 24.3 Å².